The summed E-state index contributed by atoms with van der Waals surface area (Å²) in [6.45, 7) is 9.46. The molecule has 64 heavy (non-hydrogen) atoms. The first-order chi connectivity index (χ1) is 31.2. The van der Waals surface area contributed by atoms with Crippen LogP contribution >= 0.6 is 0 Å². The van der Waals surface area contributed by atoms with Crippen molar-refractivity contribution in [2.45, 2.75) is 38.5 Å². The smallest absolute Gasteiger partial charge is 0.160 e. The molecule has 0 fully saturated rings. The molecule has 9 aromatic carbocycles. The molecule has 0 amide bonds. The second-order valence-electron chi connectivity index (χ2n) is 18.5. The lowest BCUT2D eigenvalue weighted by Gasteiger charge is -2.22. The summed E-state index contributed by atoms with van der Waals surface area (Å²) in [5, 5.41) is 2.55. The van der Waals surface area contributed by atoms with E-state index in [1.165, 1.54) is 83.1 Å². The van der Waals surface area contributed by atoms with E-state index in [2.05, 4.69) is 228 Å². The molecule has 0 radical (unpaired) electrons. The monoisotopic (exact) mass is 818 g/mol. The fraction of sp³-hybridized carbons (Fsp3) is 0.0968. The summed E-state index contributed by atoms with van der Waals surface area (Å²) in [5.41, 5.74) is 22.6. The number of rotatable bonds is 6. The van der Waals surface area contributed by atoms with Crippen molar-refractivity contribution in [1.29, 1.82) is 0 Å². The highest BCUT2D eigenvalue weighted by Crippen LogP contribution is 2.55. The van der Waals surface area contributed by atoms with Crippen LogP contribution < -0.4 is 0 Å². The molecule has 10 aromatic rings. The lowest BCUT2D eigenvalue weighted by molar-refractivity contribution is 0.660. The molecular weight excluding hydrogens is 773 g/mol. The van der Waals surface area contributed by atoms with E-state index in [1.807, 2.05) is 6.07 Å². The van der Waals surface area contributed by atoms with Crippen LogP contribution in [0, 0.1) is 0 Å². The van der Waals surface area contributed by atoms with Gasteiger partial charge in [-0.2, -0.15) is 0 Å². The second-order valence-corrected chi connectivity index (χ2v) is 18.5. The summed E-state index contributed by atoms with van der Waals surface area (Å²) in [6.07, 6.45) is 0. The lowest BCUT2D eigenvalue weighted by Crippen LogP contribution is -2.15. The molecule has 0 unspecified atom stereocenters. The Morgan fingerprint density at radius 1 is 0.281 bits per heavy atom. The molecule has 304 valence electrons. The maximum Gasteiger partial charge on any atom is 0.160 e. The lowest BCUT2D eigenvalue weighted by atomic mass is 9.81. The molecule has 0 bridgehead atoms. The van der Waals surface area contributed by atoms with Crippen molar-refractivity contribution >= 4 is 10.8 Å². The van der Waals surface area contributed by atoms with Gasteiger partial charge < -0.3 is 0 Å². The van der Waals surface area contributed by atoms with Gasteiger partial charge in [-0.05, 0) is 119 Å². The molecule has 0 saturated heterocycles. The number of benzene rings is 9. The van der Waals surface area contributed by atoms with Crippen molar-refractivity contribution < 1.29 is 0 Å². The maximum atomic E-state index is 5.35. The minimum absolute atomic E-state index is 0.120. The fourth-order valence-electron chi connectivity index (χ4n) is 10.8. The number of nitrogens with zero attached hydrogens (tertiary/aromatic N) is 2. The highest BCUT2D eigenvalue weighted by molar-refractivity contribution is 5.99. The predicted molar refractivity (Wildman–Crippen MR) is 267 cm³/mol. The minimum Gasteiger partial charge on any atom is -0.228 e. The molecule has 0 atom stereocenters. The van der Waals surface area contributed by atoms with Crippen LogP contribution in [0.1, 0.15) is 49.9 Å². The van der Waals surface area contributed by atoms with Gasteiger partial charge in [-0.1, -0.05) is 204 Å². The van der Waals surface area contributed by atoms with Crippen LogP contribution in [0.2, 0.25) is 0 Å². The summed E-state index contributed by atoms with van der Waals surface area (Å²) in [4.78, 5) is 10.7. The Labute approximate surface area is 375 Å². The van der Waals surface area contributed by atoms with Gasteiger partial charge in [-0.25, -0.2) is 9.97 Å². The Hall–Kier alpha value is -7.68. The molecule has 0 spiro atoms. The van der Waals surface area contributed by atoms with Gasteiger partial charge in [0.25, 0.3) is 0 Å². The molecule has 1 heterocycles. The van der Waals surface area contributed by atoms with Crippen LogP contribution in [-0.4, -0.2) is 9.97 Å². The number of hydrogen-bond acceptors (Lipinski definition) is 2. The van der Waals surface area contributed by atoms with Crippen molar-refractivity contribution in [1.82, 2.24) is 9.97 Å². The van der Waals surface area contributed by atoms with Gasteiger partial charge >= 0.3 is 0 Å². The average Bonchev–Trinajstić information content (AvgIpc) is 3.72. The summed E-state index contributed by atoms with van der Waals surface area (Å²) in [7, 11) is 0. The van der Waals surface area contributed by atoms with Crippen molar-refractivity contribution in [3.8, 4) is 89.5 Å². The average molecular weight is 819 g/mol. The van der Waals surface area contributed by atoms with Gasteiger partial charge in [0.2, 0.25) is 0 Å². The zero-order valence-electron chi connectivity index (χ0n) is 36.5. The molecule has 0 saturated carbocycles. The van der Waals surface area contributed by atoms with Crippen molar-refractivity contribution in [3.63, 3.8) is 0 Å². The molecule has 2 aliphatic carbocycles. The first-order valence-corrected chi connectivity index (χ1v) is 22.4. The van der Waals surface area contributed by atoms with Crippen LogP contribution in [0.25, 0.3) is 100 Å². The molecule has 0 aliphatic heterocycles. The van der Waals surface area contributed by atoms with Crippen molar-refractivity contribution in [2.24, 2.45) is 0 Å². The summed E-state index contributed by atoms with van der Waals surface area (Å²) in [5.74, 6) is 0.704. The third kappa shape index (κ3) is 5.93. The van der Waals surface area contributed by atoms with Crippen LogP contribution in [0.5, 0.6) is 0 Å². The Balaban J connectivity index is 0.990. The highest BCUT2D eigenvalue weighted by atomic mass is 14.9. The molecule has 2 aliphatic rings. The summed E-state index contributed by atoms with van der Waals surface area (Å²) >= 11 is 0. The van der Waals surface area contributed by atoms with E-state index in [9.17, 15) is 0 Å². The second kappa shape index (κ2) is 14.4. The van der Waals surface area contributed by atoms with E-state index in [0.717, 1.165) is 33.6 Å². The zero-order chi connectivity index (χ0) is 43.2. The van der Waals surface area contributed by atoms with E-state index in [1.54, 1.807) is 0 Å². The summed E-state index contributed by atoms with van der Waals surface area (Å²) < 4.78 is 0. The largest absolute Gasteiger partial charge is 0.228 e. The summed E-state index contributed by atoms with van der Waals surface area (Å²) in [6, 6.07) is 75.2. The molecule has 12 rings (SSSR count). The first kappa shape index (κ1) is 38.0. The van der Waals surface area contributed by atoms with Crippen LogP contribution in [-0.2, 0) is 10.8 Å². The van der Waals surface area contributed by atoms with Gasteiger partial charge in [0.15, 0.2) is 5.82 Å². The van der Waals surface area contributed by atoms with E-state index >= 15 is 0 Å². The van der Waals surface area contributed by atoms with Gasteiger partial charge in [0, 0.05) is 27.5 Å². The topological polar surface area (TPSA) is 25.8 Å². The Kier molecular flexibility index (Phi) is 8.58. The van der Waals surface area contributed by atoms with Crippen LogP contribution in [0.15, 0.2) is 206 Å². The van der Waals surface area contributed by atoms with Crippen LogP contribution in [0.4, 0.5) is 0 Å². The third-order valence-corrected chi connectivity index (χ3v) is 14.1. The normalized spacial score (nSPS) is 13.9. The predicted octanol–water partition coefficient (Wildman–Crippen LogP) is 16.2. The van der Waals surface area contributed by atoms with Crippen molar-refractivity contribution in [3.05, 3.63) is 229 Å². The molecule has 2 nitrogen and oxygen atoms in total. The Bertz CT molecular complexity index is 3490. The molecule has 2 heteroatoms. The Morgan fingerprint density at radius 2 is 0.781 bits per heavy atom. The van der Waals surface area contributed by atoms with Crippen LogP contribution in [0.3, 0.4) is 0 Å². The SMILES string of the molecule is CC1(C)c2cc(-c3ccccc3-c3cc(-c4cccc(-c5cccc6c5-c5cc7ccccc7cc5C6(C)C)c4)nc(-c4ccccc4)n3)ccc2-c2c(-c3ccccc3)cccc21. The molecular formula is C62H46N2. The van der Waals surface area contributed by atoms with Gasteiger partial charge in [-0.15, -0.1) is 0 Å². The van der Waals surface area contributed by atoms with Gasteiger partial charge in [0.05, 0.1) is 11.4 Å². The van der Waals surface area contributed by atoms with Crippen molar-refractivity contribution in [2.75, 3.05) is 0 Å². The minimum atomic E-state index is -0.168. The molecule has 0 N–H and O–H groups in total. The quantitative estimate of drug-likeness (QED) is 0.167. The number of hydrogen-bond donors (Lipinski definition) is 0. The fourth-order valence-corrected chi connectivity index (χ4v) is 10.8. The van der Waals surface area contributed by atoms with E-state index in [-0.39, 0.29) is 10.8 Å². The van der Waals surface area contributed by atoms with E-state index in [0.29, 0.717) is 5.82 Å². The first-order valence-electron chi connectivity index (χ1n) is 22.4. The number of aromatic nitrogens is 2. The zero-order valence-corrected chi connectivity index (χ0v) is 36.5. The van der Waals surface area contributed by atoms with E-state index < -0.39 is 0 Å². The number of fused-ring (bicyclic) bond motifs is 7. The molecule has 1 aromatic heterocycles. The van der Waals surface area contributed by atoms with Gasteiger partial charge in [0.1, 0.15) is 0 Å². The highest BCUT2D eigenvalue weighted by Gasteiger charge is 2.38. The van der Waals surface area contributed by atoms with Gasteiger partial charge in [-0.3, -0.25) is 0 Å². The van der Waals surface area contributed by atoms with E-state index in [4.69, 9.17) is 9.97 Å². The third-order valence-electron chi connectivity index (χ3n) is 14.1. The maximum absolute atomic E-state index is 5.35. The standard InChI is InChI=1S/C62H46N2/c1-61(2)52-30-16-28-47(39-18-7-5-8-19-39)58(52)50-33-32-44(37-54(50)61)46-26-13-14-27-49(46)57-38-56(63-60(64-57)40-20-9-6-10-21-40)45-25-15-24-43(34-45)48-29-17-31-53-59(48)51-35-41-22-11-12-23-42(41)36-55(51)62(53,3)4/h5-38H,1-4H3. The Morgan fingerprint density at radius 3 is 1.50 bits per heavy atom.